The number of rotatable bonds is 9. The number of ether oxygens (including phenoxy) is 1. The lowest BCUT2D eigenvalue weighted by Gasteiger charge is -2.08. The van der Waals surface area contributed by atoms with Gasteiger partial charge in [0.25, 0.3) is 0 Å². The topological polar surface area (TPSA) is 67.4 Å². The Labute approximate surface area is 115 Å². The van der Waals surface area contributed by atoms with Crippen molar-refractivity contribution in [2.45, 2.75) is 25.2 Å². The molecule has 5 nitrogen and oxygen atoms in total. The van der Waals surface area contributed by atoms with Gasteiger partial charge in [0.2, 0.25) is 10.0 Å². The van der Waals surface area contributed by atoms with Crippen molar-refractivity contribution < 1.29 is 13.2 Å². The van der Waals surface area contributed by atoms with Crippen LogP contribution in [0.25, 0.3) is 0 Å². The van der Waals surface area contributed by atoms with Crippen molar-refractivity contribution in [3.63, 3.8) is 0 Å². The average molecular weight is 286 g/mol. The fourth-order valence-electron chi connectivity index (χ4n) is 1.47. The molecule has 0 amide bonds. The lowest BCUT2D eigenvalue weighted by atomic mass is 10.3. The lowest BCUT2D eigenvalue weighted by Crippen LogP contribution is -2.31. The molecule has 19 heavy (non-hydrogen) atoms. The van der Waals surface area contributed by atoms with Gasteiger partial charge in [0.1, 0.15) is 5.75 Å². The van der Waals surface area contributed by atoms with Gasteiger partial charge < -0.3 is 10.1 Å². The maximum Gasteiger partial charge on any atom is 0.240 e. The zero-order chi connectivity index (χ0) is 14.1. The molecule has 1 aromatic carbocycles. The van der Waals surface area contributed by atoms with Crippen molar-refractivity contribution >= 4 is 10.0 Å². The fourth-order valence-corrected chi connectivity index (χ4v) is 2.50. The van der Waals surface area contributed by atoms with Crippen LogP contribution in [-0.4, -0.2) is 34.7 Å². The molecule has 0 saturated heterocycles. The number of benzene rings is 1. The van der Waals surface area contributed by atoms with E-state index in [0.29, 0.717) is 25.4 Å². The van der Waals surface area contributed by atoms with Gasteiger partial charge in [0, 0.05) is 13.1 Å². The monoisotopic (exact) mass is 286 g/mol. The van der Waals surface area contributed by atoms with Crippen molar-refractivity contribution in [1.29, 1.82) is 0 Å². The predicted molar refractivity (Wildman–Crippen MR) is 76.0 cm³/mol. The van der Waals surface area contributed by atoms with Crippen molar-refractivity contribution in [3.8, 4) is 5.75 Å². The standard InChI is InChI=1S/C13H22N2O3S/c1-3-11-18-12-5-7-13(8-6-12)19(16,17)15-10-9-14-4-2/h5-8,14-15H,3-4,9-11H2,1-2H3. The number of hydrogen-bond donors (Lipinski definition) is 2. The zero-order valence-corrected chi connectivity index (χ0v) is 12.3. The second-order valence-electron chi connectivity index (χ2n) is 4.07. The molecule has 0 aliphatic heterocycles. The predicted octanol–water partition coefficient (Wildman–Crippen LogP) is 1.36. The highest BCUT2D eigenvalue weighted by molar-refractivity contribution is 7.89. The van der Waals surface area contributed by atoms with Gasteiger partial charge in [-0.3, -0.25) is 0 Å². The number of nitrogens with one attached hydrogen (secondary N) is 2. The van der Waals surface area contributed by atoms with Gasteiger partial charge in [-0.2, -0.15) is 0 Å². The molecule has 0 heterocycles. The van der Waals surface area contributed by atoms with E-state index in [9.17, 15) is 8.42 Å². The maximum atomic E-state index is 11.9. The van der Waals surface area contributed by atoms with Crippen LogP contribution in [0.2, 0.25) is 0 Å². The summed E-state index contributed by atoms with van der Waals surface area (Å²) in [5.74, 6) is 0.688. The fraction of sp³-hybridized carbons (Fsp3) is 0.538. The third-order valence-corrected chi connectivity index (χ3v) is 3.93. The molecule has 0 spiro atoms. The summed E-state index contributed by atoms with van der Waals surface area (Å²) in [4.78, 5) is 0.257. The van der Waals surface area contributed by atoms with Gasteiger partial charge in [-0.1, -0.05) is 13.8 Å². The van der Waals surface area contributed by atoms with Crippen molar-refractivity contribution in [3.05, 3.63) is 24.3 Å². The maximum absolute atomic E-state index is 11.9. The van der Waals surface area contributed by atoms with Crippen molar-refractivity contribution in [1.82, 2.24) is 10.0 Å². The van der Waals surface area contributed by atoms with E-state index in [-0.39, 0.29) is 4.90 Å². The highest BCUT2D eigenvalue weighted by Gasteiger charge is 2.12. The van der Waals surface area contributed by atoms with E-state index in [1.165, 1.54) is 0 Å². The Morgan fingerprint density at radius 3 is 2.37 bits per heavy atom. The molecular formula is C13H22N2O3S. The van der Waals surface area contributed by atoms with E-state index in [0.717, 1.165) is 13.0 Å². The van der Waals surface area contributed by atoms with Crippen LogP contribution in [0.4, 0.5) is 0 Å². The van der Waals surface area contributed by atoms with Crippen molar-refractivity contribution in [2.24, 2.45) is 0 Å². The second kappa shape index (κ2) is 8.14. The molecule has 6 heteroatoms. The van der Waals surface area contributed by atoms with Crippen molar-refractivity contribution in [2.75, 3.05) is 26.2 Å². The summed E-state index contributed by atoms with van der Waals surface area (Å²) in [6.07, 6.45) is 0.923. The second-order valence-corrected chi connectivity index (χ2v) is 5.84. The highest BCUT2D eigenvalue weighted by atomic mass is 32.2. The van der Waals surface area contributed by atoms with Crippen LogP contribution in [0.3, 0.4) is 0 Å². The molecule has 0 unspecified atom stereocenters. The molecule has 0 saturated carbocycles. The molecule has 0 bridgehead atoms. The van der Waals surface area contributed by atoms with Crippen LogP contribution in [-0.2, 0) is 10.0 Å². The Hall–Kier alpha value is -1.11. The normalized spacial score (nSPS) is 11.5. The lowest BCUT2D eigenvalue weighted by molar-refractivity contribution is 0.317. The molecule has 0 fully saturated rings. The number of sulfonamides is 1. The van der Waals surface area contributed by atoms with Gasteiger partial charge in [0.15, 0.2) is 0 Å². The first kappa shape index (κ1) is 15.9. The molecule has 1 aromatic rings. The third-order valence-electron chi connectivity index (χ3n) is 2.45. The minimum absolute atomic E-state index is 0.257. The van der Waals surface area contributed by atoms with E-state index in [2.05, 4.69) is 10.0 Å². The first-order valence-electron chi connectivity index (χ1n) is 6.53. The average Bonchev–Trinajstić information content (AvgIpc) is 2.42. The van der Waals surface area contributed by atoms with Crippen LogP contribution >= 0.6 is 0 Å². The summed E-state index contributed by atoms with van der Waals surface area (Å²) in [5, 5.41) is 3.06. The summed E-state index contributed by atoms with van der Waals surface area (Å²) in [6, 6.07) is 6.46. The Kier molecular flexibility index (Phi) is 6.83. The summed E-state index contributed by atoms with van der Waals surface area (Å²) in [7, 11) is -3.42. The molecule has 0 aliphatic carbocycles. The minimum Gasteiger partial charge on any atom is -0.494 e. The molecule has 0 aromatic heterocycles. The Morgan fingerprint density at radius 1 is 1.11 bits per heavy atom. The smallest absolute Gasteiger partial charge is 0.240 e. The zero-order valence-electron chi connectivity index (χ0n) is 11.5. The number of likely N-dealkylation sites (N-methyl/N-ethyl adjacent to an activating group) is 1. The largest absolute Gasteiger partial charge is 0.494 e. The third kappa shape index (κ3) is 5.59. The quantitative estimate of drug-likeness (QED) is 0.673. The van der Waals surface area contributed by atoms with E-state index < -0.39 is 10.0 Å². The summed E-state index contributed by atoms with van der Waals surface area (Å²) >= 11 is 0. The van der Waals surface area contributed by atoms with E-state index in [1.54, 1.807) is 24.3 Å². The molecular weight excluding hydrogens is 264 g/mol. The Morgan fingerprint density at radius 2 is 1.79 bits per heavy atom. The molecule has 0 aliphatic rings. The Balaban J connectivity index is 2.58. The molecule has 0 radical (unpaired) electrons. The van der Waals surface area contributed by atoms with Crippen LogP contribution in [0.15, 0.2) is 29.2 Å². The van der Waals surface area contributed by atoms with Crippen LogP contribution < -0.4 is 14.8 Å². The van der Waals surface area contributed by atoms with Gasteiger partial charge in [0.05, 0.1) is 11.5 Å². The summed E-state index contributed by atoms with van der Waals surface area (Å²) < 4.78 is 31.8. The first-order valence-corrected chi connectivity index (χ1v) is 8.01. The van der Waals surface area contributed by atoms with Gasteiger partial charge in [-0.15, -0.1) is 0 Å². The SMILES string of the molecule is CCCOc1ccc(S(=O)(=O)NCCNCC)cc1. The molecule has 108 valence electrons. The van der Waals surface area contributed by atoms with Crippen LogP contribution in [0.5, 0.6) is 5.75 Å². The van der Waals surface area contributed by atoms with Gasteiger partial charge in [-0.25, -0.2) is 13.1 Å². The van der Waals surface area contributed by atoms with E-state index >= 15 is 0 Å². The highest BCUT2D eigenvalue weighted by Crippen LogP contribution is 2.15. The number of hydrogen-bond acceptors (Lipinski definition) is 4. The molecule has 0 atom stereocenters. The minimum atomic E-state index is -3.42. The van der Waals surface area contributed by atoms with E-state index in [4.69, 9.17) is 4.74 Å². The molecule has 2 N–H and O–H groups in total. The van der Waals surface area contributed by atoms with Gasteiger partial charge in [-0.05, 0) is 37.2 Å². The summed E-state index contributed by atoms with van der Waals surface area (Å²) in [6.45, 7) is 6.45. The van der Waals surface area contributed by atoms with Gasteiger partial charge >= 0.3 is 0 Å². The summed E-state index contributed by atoms with van der Waals surface area (Å²) in [5.41, 5.74) is 0. The first-order chi connectivity index (χ1) is 9.10. The van der Waals surface area contributed by atoms with Crippen LogP contribution in [0, 0.1) is 0 Å². The molecule has 1 rings (SSSR count). The van der Waals surface area contributed by atoms with E-state index in [1.807, 2.05) is 13.8 Å². The Bertz CT molecular complexity index is 457. The van der Waals surface area contributed by atoms with Crippen LogP contribution in [0.1, 0.15) is 20.3 Å².